The van der Waals surface area contributed by atoms with Crippen LogP contribution in [0.3, 0.4) is 0 Å². The first kappa shape index (κ1) is 12.4. The van der Waals surface area contributed by atoms with Gasteiger partial charge in [-0.1, -0.05) is 13.3 Å². The van der Waals surface area contributed by atoms with E-state index < -0.39 is 0 Å². The summed E-state index contributed by atoms with van der Waals surface area (Å²) in [7, 11) is 2.13. The van der Waals surface area contributed by atoms with Gasteiger partial charge in [-0.2, -0.15) is 0 Å². The predicted octanol–water partition coefficient (Wildman–Crippen LogP) is 2.50. The maximum Gasteiger partial charge on any atom is 0.0104 e. The van der Waals surface area contributed by atoms with E-state index in [0.717, 1.165) is 17.9 Å². The molecule has 0 bridgehead atoms. The summed E-state index contributed by atoms with van der Waals surface area (Å²) < 4.78 is 0. The van der Waals surface area contributed by atoms with Gasteiger partial charge >= 0.3 is 0 Å². The van der Waals surface area contributed by atoms with Crippen molar-refractivity contribution in [1.29, 1.82) is 0 Å². The van der Waals surface area contributed by atoms with Gasteiger partial charge in [-0.05, 0) is 57.5 Å². The fourth-order valence-electron chi connectivity index (χ4n) is 3.21. The lowest BCUT2D eigenvalue weighted by molar-refractivity contribution is 0.208. The van der Waals surface area contributed by atoms with Crippen LogP contribution in [0.1, 0.15) is 45.4 Å². The summed E-state index contributed by atoms with van der Waals surface area (Å²) in [4.78, 5) is 2.73. The highest BCUT2D eigenvalue weighted by molar-refractivity contribution is 4.86. The SMILES string of the molecule is CCCN(CC1CC1)CC1CCCC1NC. The summed E-state index contributed by atoms with van der Waals surface area (Å²) in [5, 5.41) is 3.50. The van der Waals surface area contributed by atoms with Crippen molar-refractivity contribution in [3.63, 3.8) is 0 Å². The van der Waals surface area contributed by atoms with Gasteiger partial charge in [0.15, 0.2) is 0 Å². The van der Waals surface area contributed by atoms with Crippen molar-refractivity contribution in [3.8, 4) is 0 Å². The number of nitrogens with one attached hydrogen (secondary N) is 1. The maximum absolute atomic E-state index is 3.50. The van der Waals surface area contributed by atoms with Crippen LogP contribution < -0.4 is 5.32 Å². The molecule has 2 heteroatoms. The molecule has 2 fully saturated rings. The van der Waals surface area contributed by atoms with Gasteiger partial charge in [-0.15, -0.1) is 0 Å². The molecular formula is C14H28N2. The van der Waals surface area contributed by atoms with Crippen LogP contribution in [0, 0.1) is 11.8 Å². The largest absolute Gasteiger partial charge is 0.317 e. The summed E-state index contributed by atoms with van der Waals surface area (Å²) >= 11 is 0. The van der Waals surface area contributed by atoms with E-state index in [4.69, 9.17) is 0 Å². The van der Waals surface area contributed by atoms with Gasteiger partial charge in [-0.25, -0.2) is 0 Å². The summed E-state index contributed by atoms with van der Waals surface area (Å²) in [6, 6.07) is 0.790. The van der Waals surface area contributed by atoms with E-state index in [1.807, 2.05) is 0 Å². The first-order chi connectivity index (χ1) is 7.83. The third-order valence-electron chi connectivity index (χ3n) is 4.28. The molecule has 0 radical (unpaired) electrons. The minimum Gasteiger partial charge on any atom is -0.317 e. The second kappa shape index (κ2) is 6.02. The van der Waals surface area contributed by atoms with Gasteiger partial charge < -0.3 is 10.2 Å². The Balaban J connectivity index is 1.78. The molecule has 2 aliphatic carbocycles. The zero-order chi connectivity index (χ0) is 11.4. The molecule has 0 saturated heterocycles. The molecule has 0 aromatic heterocycles. The average molecular weight is 224 g/mol. The van der Waals surface area contributed by atoms with Crippen molar-refractivity contribution >= 4 is 0 Å². The highest BCUT2D eigenvalue weighted by Crippen LogP contribution is 2.31. The zero-order valence-corrected chi connectivity index (χ0v) is 11.0. The van der Waals surface area contributed by atoms with E-state index in [0.29, 0.717) is 0 Å². The first-order valence-electron chi connectivity index (χ1n) is 7.23. The summed E-state index contributed by atoms with van der Waals surface area (Å²) in [5.41, 5.74) is 0. The molecule has 16 heavy (non-hydrogen) atoms. The molecule has 0 amide bonds. The van der Waals surface area contributed by atoms with Gasteiger partial charge in [0.1, 0.15) is 0 Å². The Morgan fingerprint density at radius 2 is 1.94 bits per heavy atom. The Hall–Kier alpha value is -0.0800. The molecule has 2 rings (SSSR count). The van der Waals surface area contributed by atoms with Crippen molar-refractivity contribution in [2.45, 2.75) is 51.5 Å². The second-order valence-electron chi connectivity index (χ2n) is 5.79. The molecular weight excluding hydrogens is 196 g/mol. The quantitative estimate of drug-likeness (QED) is 0.715. The number of hydrogen-bond acceptors (Lipinski definition) is 2. The Kier molecular flexibility index (Phi) is 4.66. The highest BCUT2D eigenvalue weighted by atomic mass is 15.1. The van der Waals surface area contributed by atoms with Crippen LogP contribution in [-0.4, -0.2) is 37.6 Å². The Labute approximate surface area is 101 Å². The van der Waals surface area contributed by atoms with Crippen molar-refractivity contribution in [3.05, 3.63) is 0 Å². The summed E-state index contributed by atoms with van der Waals surface area (Å²) in [5.74, 6) is 1.95. The van der Waals surface area contributed by atoms with Gasteiger partial charge in [0.2, 0.25) is 0 Å². The number of rotatable bonds is 7. The molecule has 0 heterocycles. The van der Waals surface area contributed by atoms with Gasteiger partial charge in [0.25, 0.3) is 0 Å². The number of hydrogen-bond donors (Lipinski definition) is 1. The topological polar surface area (TPSA) is 15.3 Å². The van der Waals surface area contributed by atoms with Crippen LogP contribution in [0.2, 0.25) is 0 Å². The first-order valence-corrected chi connectivity index (χ1v) is 7.23. The minimum absolute atomic E-state index is 0.790. The maximum atomic E-state index is 3.50. The molecule has 0 aromatic carbocycles. The van der Waals surface area contributed by atoms with Crippen molar-refractivity contribution in [2.24, 2.45) is 11.8 Å². The van der Waals surface area contributed by atoms with Crippen LogP contribution in [-0.2, 0) is 0 Å². The third kappa shape index (κ3) is 3.46. The van der Waals surface area contributed by atoms with Crippen molar-refractivity contribution in [2.75, 3.05) is 26.7 Å². The van der Waals surface area contributed by atoms with Crippen molar-refractivity contribution < 1.29 is 0 Å². The van der Waals surface area contributed by atoms with E-state index in [1.165, 1.54) is 58.2 Å². The van der Waals surface area contributed by atoms with E-state index in [1.54, 1.807) is 0 Å². The smallest absolute Gasteiger partial charge is 0.0104 e. The molecule has 2 unspecified atom stereocenters. The Morgan fingerprint density at radius 1 is 1.12 bits per heavy atom. The molecule has 0 aliphatic heterocycles. The van der Waals surface area contributed by atoms with E-state index >= 15 is 0 Å². The normalized spacial score (nSPS) is 30.2. The van der Waals surface area contributed by atoms with Crippen molar-refractivity contribution in [1.82, 2.24) is 10.2 Å². The molecule has 2 aliphatic rings. The minimum atomic E-state index is 0.790. The lowest BCUT2D eigenvalue weighted by Crippen LogP contribution is -2.39. The summed E-state index contributed by atoms with van der Waals surface area (Å²) in [6.45, 7) is 6.34. The average Bonchev–Trinajstić information content (AvgIpc) is 2.96. The monoisotopic (exact) mass is 224 g/mol. The van der Waals surface area contributed by atoms with Crippen LogP contribution in [0.25, 0.3) is 0 Å². The number of nitrogens with zero attached hydrogens (tertiary/aromatic N) is 1. The fraction of sp³-hybridized carbons (Fsp3) is 1.00. The van der Waals surface area contributed by atoms with Gasteiger partial charge in [0, 0.05) is 19.1 Å². The molecule has 94 valence electrons. The Bertz CT molecular complexity index is 201. The molecule has 0 aromatic rings. The second-order valence-corrected chi connectivity index (χ2v) is 5.79. The fourth-order valence-corrected chi connectivity index (χ4v) is 3.21. The van der Waals surface area contributed by atoms with Crippen LogP contribution in [0.4, 0.5) is 0 Å². The molecule has 2 saturated carbocycles. The molecule has 1 N–H and O–H groups in total. The zero-order valence-electron chi connectivity index (χ0n) is 11.0. The van der Waals surface area contributed by atoms with Gasteiger partial charge in [-0.3, -0.25) is 0 Å². The van der Waals surface area contributed by atoms with Crippen LogP contribution >= 0.6 is 0 Å². The lowest BCUT2D eigenvalue weighted by Gasteiger charge is -2.28. The Morgan fingerprint density at radius 3 is 2.56 bits per heavy atom. The molecule has 2 nitrogen and oxygen atoms in total. The van der Waals surface area contributed by atoms with Crippen LogP contribution in [0.15, 0.2) is 0 Å². The van der Waals surface area contributed by atoms with E-state index in [9.17, 15) is 0 Å². The summed E-state index contributed by atoms with van der Waals surface area (Å²) in [6.07, 6.45) is 8.55. The molecule has 0 spiro atoms. The van der Waals surface area contributed by atoms with E-state index in [-0.39, 0.29) is 0 Å². The highest BCUT2D eigenvalue weighted by Gasteiger charge is 2.30. The van der Waals surface area contributed by atoms with E-state index in [2.05, 4.69) is 24.2 Å². The van der Waals surface area contributed by atoms with Crippen LogP contribution in [0.5, 0.6) is 0 Å². The third-order valence-corrected chi connectivity index (χ3v) is 4.28. The predicted molar refractivity (Wildman–Crippen MR) is 69.6 cm³/mol. The van der Waals surface area contributed by atoms with Gasteiger partial charge in [0.05, 0.1) is 0 Å². The molecule has 2 atom stereocenters. The lowest BCUT2D eigenvalue weighted by atomic mass is 10.0. The standard InChI is InChI=1S/C14H28N2/c1-3-9-16(10-12-7-8-12)11-13-5-4-6-14(13)15-2/h12-15H,3-11H2,1-2H3.